The van der Waals surface area contributed by atoms with Crippen molar-refractivity contribution in [3.63, 3.8) is 0 Å². The number of hydrogen-bond donors (Lipinski definition) is 1. The molecular formula is C20H16N6O3S2. The Hall–Kier alpha value is -3.44. The Bertz CT molecular complexity index is 1200. The SMILES string of the molecule is O=C(CSc1nnnn1-c1ccc(O)cc1)N1N=C(c2cccs2)C[C@H]1c1ccco1. The zero-order chi connectivity index (χ0) is 21.2. The number of hydrogen-bond acceptors (Lipinski definition) is 9. The molecule has 0 radical (unpaired) electrons. The van der Waals surface area contributed by atoms with Crippen LogP contribution in [-0.2, 0) is 4.79 Å². The third kappa shape index (κ3) is 3.97. The summed E-state index contributed by atoms with van der Waals surface area (Å²) in [6.07, 6.45) is 2.19. The van der Waals surface area contributed by atoms with Crippen LogP contribution in [0, 0.1) is 0 Å². The van der Waals surface area contributed by atoms with Crippen molar-refractivity contribution in [2.45, 2.75) is 17.6 Å². The molecule has 0 saturated carbocycles. The normalized spacial score (nSPS) is 15.9. The first-order chi connectivity index (χ1) is 15.2. The van der Waals surface area contributed by atoms with Gasteiger partial charge in [0.2, 0.25) is 5.16 Å². The van der Waals surface area contributed by atoms with E-state index in [1.807, 2.05) is 29.6 Å². The van der Waals surface area contributed by atoms with Gasteiger partial charge in [0, 0.05) is 6.42 Å². The van der Waals surface area contributed by atoms with Gasteiger partial charge in [-0.3, -0.25) is 4.79 Å². The number of benzene rings is 1. The van der Waals surface area contributed by atoms with Crippen LogP contribution in [0.25, 0.3) is 5.69 Å². The molecule has 0 bridgehead atoms. The summed E-state index contributed by atoms with van der Waals surface area (Å²) in [7, 11) is 0. The van der Waals surface area contributed by atoms with Gasteiger partial charge in [-0.15, -0.1) is 16.4 Å². The molecule has 9 nitrogen and oxygen atoms in total. The first-order valence-corrected chi connectivity index (χ1v) is 11.2. The van der Waals surface area contributed by atoms with Crippen molar-refractivity contribution < 1.29 is 14.3 Å². The summed E-state index contributed by atoms with van der Waals surface area (Å²) < 4.78 is 7.09. The van der Waals surface area contributed by atoms with Crippen molar-refractivity contribution in [2.24, 2.45) is 5.10 Å². The molecule has 1 aliphatic rings. The number of carbonyl (C=O) groups excluding carboxylic acids is 1. The highest BCUT2D eigenvalue weighted by Gasteiger charge is 2.35. The zero-order valence-electron chi connectivity index (χ0n) is 16.0. The average molecular weight is 453 g/mol. The highest BCUT2D eigenvalue weighted by Crippen LogP contribution is 2.34. The molecule has 5 rings (SSSR count). The van der Waals surface area contributed by atoms with Crippen LogP contribution in [0.1, 0.15) is 23.1 Å². The van der Waals surface area contributed by atoms with Crippen LogP contribution in [0.4, 0.5) is 0 Å². The predicted molar refractivity (Wildman–Crippen MR) is 115 cm³/mol. The number of carbonyl (C=O) groups is 1. The first kappa shape index (κ1) is 19.5. The Kier molecular flexibility index (Phi) is 5.26. The number of rotatable bonds is 6. The van der Waals surface area contributed by atoms with Gasteiger partial charge in [-0.25, -0.2) is 5.01 Å². The predicted octanol–water partition coefficient (Wildman–Crippen LogP) is 3.49. The smallest absolute Gasteiger partial charge is 0.253 e. The second-order valence-electron chi connectivity index (χ2n) is 6.68. The van der Waals surface area contributed by atoms with Gasteiger partial charge >= 0.3 is 0 Å². The van der Waals surface area contributed by atoms with Crippen LogP contribution < -0.4 is 0 Å². The van der Waals surface area contributed by atoms with Crippen molar-refractivity contribution in [1.29, 1.82) is 0 Å². The van der Waals surface area contributed by atoms with Gasteiger partial charge < -0.3 is 9.52 Å². The molecule has 4 aromatic rings. The van der Waals surface area contributed by atoms with Crippen molar-refractivity contribution in [3.8, 4) is 11.4 Å². The van der Waals surface area contributed by atoms with Crippen LogP contribution in [0.5, 0.6) is 5.75 Å². The number of furan rings is 1. The van der Waals surface area contributed by atoms with Gasteiger partial charge in [-0.1, -0.05) is 17.8 Å². The van der Waals surface area contributed by atoms with Gasteiger partial charge in [0.25, 0.3) is 5.91 Å². The van der Waals surface area contributed by atoms with Gasteiger partial charge in [0.05, 0.1) is 28.3 Å². The maximum Gasteiger partial charge on any atom is 0.253 e. The molecular weight excluding hydrogens is 436 g/mol. The van der Waals surface area contributed by atoms with E-state index in [4.69, 9.17) is 4.42 Å². The Morgan fingerprint density at radius 1 is 1.23 bits per heavy atom. The van der Waals surface area contributed by atoms with E-state index in [2.05, 4.69) is 20.6 Å². The number of nitrogens with zero attached hydrogens (tertiary/aromatic N) is 6. The van der Waals surface area contributed by atoms with Crippen LogP contribution in [-0.4, -0.2) is 47.7 Å². The molecule has 0 fully saturated rings. The quantitative estimate of drug-likeness (QED) is 0.446. The second-order valence-corrected chi connectivity index (χ2v) is 8.57. The van der Waals surface area contributed by atoms with Crippen LogP contribution in [0.2, 0.25) is 0 Å². The number of amides is 1. The molecule has 1 atom stereocenters. The molecule has 156 valence electrons. The largest absolute Gasteiger partial charge is 0.508 e. The summed E-state index contributed by atoms with van der Waals surface area (Å²) in [5.41, 5.74) is 1.55. The van der Waals surface area contributed by atoms with E-state index in [9.17, 15) is 9.90 Å². The lowest BCUT2D eigenvalue weighted by Gasteiger charge is -2.19. The number of tetrazole rings is 1. The Morgan fingerprint density at radius 3 is 2.84 bits per heavy atom. The molecule has 3 aromatic heterocycles. The Morgan fingerprint density at radius 2 is 2.10 bits per heavy atom. The number of hydrazone groups is 1. The highest BCUT2D eigenvalue weighted by atomic mass is 32.2. The molecule has 1 N–H and O–H groups in total. The van der Waals surface area contributed by atoms with Gasteiger partial charge in [0.15, 0.2) is 0 Å². The molecule has 4 heterocycles. The van der Waals surface area contributed by atoms with Crippen molar-refractivity contribution in [3.05, 3.63) is 70.8 Å². The molecule has 0 spiro atoms. The summed E-state index contributed by atoms with van der Waals surface area (Å²) in [6.45, 7) is 0. The molecule has 0 saturated heterocycles. The molecule has 1 amide bonds. The summed E-state index contributed by atoms with van der Waals surface area (Å²) in [4.78, 5) is 14.1. The topological polar surface area (TPSA) is 110 Å². The van der Waals surface area contributed by atoms with Gasteiger partial charge in [-0.05, 0) is 58.3 Å². The fourth-order valence-corrected chi connectivity index (χ4v) is 4.72. The van der Waals surface area contributed by atoms with Crippen molar-refractivity contribution in [1.82, 2.24) is 25.2 Å². The summed E-state index contributed by atoms with van der Waals surface area (Å²) in [5.74, 6) is 0.788. The van der Waals surface area contributed by atoms with Gasteiger partial charge in [-0.2, -0.15) is 9.78 Å². The van der Waals surface area contributed by atoms with E-state index >= 15 is 0 Å². The number of aromatic nitrogens is 4. The van der Waals surface area contributed by atoms with E-state index in [-0.39, 0.29) is 23.5 Å². The number of phenols is 1. The van der Waals surface area contributed by atoms with Crippen LogP contribution in [0.15, 0.2) is 74.8 Å². The minimum atomic E-state index is -0.284. The maximum absolute atomic E-state index is 13.1. The van der Waals surface area contributed by atoms with E-state index in [0.717, 1.165) is 10.6 Å². The van der Waals surface area contributed by atoms with E-state index < -0.39 is 0 Å². The lowest BCUT2D eigenvalue weighted by Crippen LogP contribution is -2.28. The van der Waals surface area contributed by atoms with Crippen LogP contribution in [0.3, 0.4) is 0 Å². The van der Waals surface area contributed by atoms with Crippen LogP contribution >= 0.6 is 23.1 Å². The second kappa shape index (κ2) is 8.36. The standard InChI is InChI=1S/C20H16N6O3S2/c27-14-7-5-13(6-8-14)25-20(21-23-24-25)31-12-19(28)26-16(17-3-1-9-29-17)11-15(22-26)18-4-2-10-30-18/h1-10,16,27H,11-12H2/t16-/m0/s1. The van der Waals surface area contributed by atoms with Crippen molar-refractivity contribution >= 4 is 34.7 Å². The Labute approximate surface area is 185 Å². The molecule has 11 heteroatoms. The number of phenolic OH excluding ortho intramolecular Hbond substituents is 1. The monoisotopic (exact) mass is 452 g/mol. The Balaban J connectivity index is 1.34. The lowest BCUT2D eigenvalue weighted by atomic mass is 10.1. The molecule has 31 heavy (non-hydrogen) atoms. The third-order valence-corrected chi connectivity index (χ3v) is 6.53. The summed E-state index contributed by atoms with van der Waals surface area (Å²) in [5, 5.41) is 29.7. The van der Waals surface area contributed by atoms with Gasteiger partial charge in [0.1, 0.15) is 17.6 Å². The molecule has 1 aliphatic heterocycles. The lowest BCUT2D eigenvalue weighted by molar-refractivity contribution is -0.130. The first-order valence-electron chi connectivity index (χ1n) is 9.36. The minimum absolute atomic E-state index is 0.108. The summed E-state index contributed by atoms with van der Waals surface area (Å²) >= 11 is 2.81. The van der Waals surface area contributed by atoms with Crippen molar-refractivity contribution in [2.75, 3.05) is 5.75 Å². The van der Waals surface area contributed by atoms with E-state index in [1.165, 1.54) is 21.5 Å². The number of aromatic hydroxyl groups is 1. The fraction of sp³-hybridized carbons (Fsp3) is 0.150. The summed E-state index contributed by atoms with van der Waals surface area (Å²) in [6, 6.07) is 13.8. The number of thiophene rings is 1. The zero-order valence-corrected chi connectivity index (χ0v) is 17.7. The fourth-order valence-electron chi connectivity index (χ4n) is 3.25. The molecule has 0 aliphatic carbocycles. The molecule has 1 aromatic carbocycles. The molecule has 0 unspecified atom stereocenters. The number of thioether (sulfide) groups is 1. The third-order valence-electron chi connectivity index (χ3n) is 4.70. The van der Waals surface area contributed by atoms with E-state index in [1.54, 1.807) is 41.9 Å². The van der Waals surface area contributed by atoms with E-state index in [0.29, 0.717) is 23.0 Å². The maximum atomic E-state index is 13.1. The minimum Gasteiger partial charge on any atom is -0.508 e. The highest BCUT2D eigenvalue weighted by molar-refractivity contribution is 7.99. The average Bonchev–Trinajstić information content (AvgIpc) is 3.58.